The van der Waals surface area contributed by atoms with Gasteiger partial charge in [0.1, 0.15) is 0 Å². The van der Waals surface area contributed by atoms with Crippen LogP contribution < -0.4 is 5.32 Å². The molecule has 1 nitrogen and oxygen atoms in total. The lowest BCUT2D eigenvalue weighted by Gasteiger charge is -2.10. The third-order valence-corrected chi connectivity index (χ3v) is 4.79. The Bertz CT molecular complexity index is 610. The van der Waals surface area contributed by atoms with Gasteiger partial charge in [-0.15, -0.1) is 11.3 Å². The van der Waals surface area contributed by atoms with E-state index in [9.17, 15) is 0 Å². The summed E-state index contributed by atoms with van der Waals surface area (Å²) in [5.41, 5.74) is 7.07. The number of hydrogen-bond donors (Lipinski definition) is 1. The van der Waals surface area contributed by atoms with Crippen molar-refractivity contribution in [2.75, 3.05) is 5.32 Å². The van der Waals surface area contributed by atoms with Crippen LogP contribution in [0.1, 0.15) is 38.0 Å². The summed E-state index contributed by atoms with van der Waals surface area (Å²) in [5.74, 6) is 0. The molecule has 1 aliphatic heterocycles. The fourth-order valence-electron chi connectivity index (χ4n) is 3.02. The average molecular weight is 257 g/mol. The molecular formula is C16H19NS. The molecule has 1 N–H and O–H groups in total. The number of rotatable bonds is 1. The van der Waals surface area contributed by atoms with Crippen LogP contribution in [0.3, 0.4) is 0 Å². The third kappa shape index (κ3) is 1.85. The van der Waals surface area contributed by atoms with Gasteiger partial charge in [-0.2, -0.15) is 0 Å². The second-order valence-electron chi connectivity index (χ2n) is 5.38. The molecule has 0 bridgehead atoms. The van der Waals surface area contributed by atoms with Gasteiger partial charge in [-0.1, -0.05) is 6.07 Å². The Morgan fingerprint density at radius 2 is 1.89 bits per heavy atom. The molecule has 0 spiro atoms. The van der Waals surface area contributed by atoms with Gasteiger partial charge in [-0.05, 0) is 68.5 Å². The van der Waals surface area contributed by atoms with Crippen molar-refractivity contribution in [1.82, 2.24) is 0 Å². The highest BCUT2D eigenvalue weighted by atomic mass is 32.1. The van der Waals surface area contributed by atoms with E-state index in [-0.39, 0.29) is 0 Å². The zero-order chi connectivity index (χ0) is 12.9. The fourth-order valence-corrected chi connectivity index (χ4v) is 4.01. The molecule has 2 heterocycles. The highest BCUT2D eigenvalue weighted by molar-refractivity contribution is 7.12. The van der Waals surface area contributed by atoms with Crippen molar-refractivity contribution in [3.8, 4) is 0 Å². The number of aryl methyl sites for hydroxylation is 4. The molecule has 1 aromatic heterocycles. The first-order chi connectivity index (χ1) is 8.54. The smallest absolute Gasteiger partial charge is 0.0566 e. The SMILES string of the molecule is Cc1cc(C)c2c(c1)NC(c1cc(C)sc1C)C2. The minimum absolute atomic E-state index is 0.463. The summed E-state index contributed by atoms with van der Waals surface area (Å²) in [6, 6.07) is 7.36. The lowest BCUT2D eigenvalue weighted by molar-refractivity contribution is 0.819. The van der Waals surface area contributed by atoms with Crippen LogP contribution in [0.4, 0.5) is 5.69 Å². The van der Waals surface area contributed by atoms with Crippen molar-refractivity contribution in [3.63, 3.8) is 0 Å². The summed E-state index contributed by atoms with van der Waals surface area (Å²) in [7, 11) is 0. The Kier molecular flexibility index (Phi) is 2.70. The Hall–Kier alpha value is -1.28. The van der Waals surface area contributed by atoms with Crippen molar-refractivity contribution in [2.45, 2.75) is 40.2 Å². The average Bonchev–Trinajstić information content (AvgIpc) is 2.81. The van der Waals surface area contributed by atoms with Gasteiger partial charge in [0.05, 0.1) is 6.04 Å². The minimum atomic E-state index is 0.463. The van der Waals surface area contributed by atoms with E-state index in [1.165, 1.54) is 37.7 Å². The second-order valence-corrected chi connectivity index (χ2v) is 6.84. The van der Waals surface area contributed by atoms with E-state index in [1.54, 1.807) is 0 Å². The molecule has 1 atom stereocenters. The first kappa shape index (κ1) is 11.8. The number of thiophene rings is 1. The van der Waals surface area contributed by atoms with Crippen molar-refractivity contribution >= 4 is 17.0 Å². The zero-order valence-electron chi connectivity index (χ0n) is 11.4. The molecule has 0 saturated heterocycles. The summed E-state index contributed by atoms with van der Waals surface area (Å²) in [4.78, 5) is 2.86. The quantitative estimate of drug-likeness (QED) is 0.781. The van der Waals surface area contributed by atoms with E-state index in [0.29, 0.717) is 6.04 Å². The molecule has 18 heavy (non-hydrogen) atoms. The molecule has 3 rings (SSSR count). The Morgan fingerprint density at radius 3 is 2.56 bits per heavy atom. The monoisotopic (exact) mass is 257 g/mol. The van der Waals surface area contributed by atoms with Gasteiger partial charge in [0.2, 0.25) is 0 Å². The number of fused-ring (bicyclic) bond motifs is 1. The largest absolute Gasteiger partial charge is 0.378 e. The predicted molar refractivity (Wildman–Crippen MR) is 79.8 cm³/mol. The van der Waals surface area contributed by atoms with Crippen LogP contribution in [0.5, 0.6) is 0 Å². The highest BCUT2D eigenvalue weighted by Gasteiger charge is 2.25. The number of hydrogen-bond acceptors (Lipinski definition) is 2. The van der Waals surface area contributed by atoms with Crippen LogP contribution in [0.25, 0.3) is 0 Å². The molecular weight excluding hydrogens is 238 g/mol. The number of nitrogens with one attached hydrogen (secondary N) is 1. The van der Waals surface area contributed by atoms with Crippen molar-refractivity contribution in [2.24, 2.45) is 0 Å². The normalized spacial score (nSPS) is 17.7. The summed E-state index contributed by atoms with van der Waals surface area (Å²) in [5, 5.41) is 3.69. The highest BCUT2D eigenvalue weighted by Crippen LogP contribution is 2.39. The lowest BCUT2D eigenvalue weighted by atomic mass is 9.99. The Morgan fingerprint density at radius 1 is 1.11 bits per heavy atom. The fraction of sp³-hybridized carbons (Fsp3) is 0.375. The number of benzene rings is 1. The molecule has 0 amide bonds. The van der Waals surface area contributed by atoms with Gasteiger partial charge >= 0.3 is 0 Å². The molecule has 0 radical (unpaired) electrons. The molecule has 1 aromatic carbocycles. The van der Waals surface area contributed by atoms with Gasteiger partial charge in [0.15, 0.2) is 0 Å². The minimum Gasteiger partial charge on any atom is -0.378 e. The van der Waals surface area contributed by atoms with Crippen molar-refractivity contribution in [3.05, 3.63) is 50.2 Å². The van der Waals surface area contributed by atoms with E-state index in [0.717, 1.165) is 6.42 Å². The van der Waals surface area contributed by atoms with Gasteiger partial charge < -0.3 is 5.32 Å². The van der Waals surface area contributed by atoms with Crippen LogP contribution >= 0.6 is 11.3 Å². The Balaban J connectivity index is 1.98. The maximum Gasteiger partial charge on any atom is 0.0566 e. The van der Waals surface area contributed by atoms with Gasteiger partial charge in [-0.3, -0.25) is 0 Å². The molecule has 1 unspecified atom stereocenters. The Labute approximate surface area is 113 Å². The second kappa shape index (κ2) is 4.13. The van der Waals surface area contributed by atoms with E-state index < -0.39 is 0 Å². The zero-order valence-corrected chi connectivity index (χ0v) is 12.2. The topological polar surface area (TPSA) is 12.0 Å². The lowest BCUT2D eigenvalue weighted by Crippen LogP contribution is -2.05. The third-order valence-electron chi connectivity index (χ3n) is 3.81. The van der Waals surface area contributed by atoms with E-state index in [2.05, 4.69) is 51.2 Å². The molecule has 1 aliphatic rings. The van der Waals surface area contributed by atoms with E-state index in [4.69, 9.17) is 0 Å². The predicted octanol–water partition coefficient (Wildman–Crippen LogP) is 4.69. The summed E-state index contributed by atoms with van der Waals surface area (Å²) in [6.07, 6.45) is 1.12. The van der Waals surface area contributed by atoms with Crippen LogP contribution in [-0.4, -0.2) is 0 Å². The van der Waals surface area contributed by atoms with Gasteiger partial charge in [-0.25, -0.2) is 0 Å². The first-order valence-corrected chi connectivity index (χ1v) is 7.30. The standard InChI is InChI=1S/C16H19NS/c1-9-5-10(2)13-8-16(17-15(13)6-9)14-7-11(3)18-12(14)4/h5-7,16-17H,8H2,1-4H3. The maximum atomic E-state index is 3.69. The van der Waals surface area contributed by atoms with Crippen LogP contribution in [0.2, 0.25) is 0 Å². The molecule has 0 aliphatic carbocycles. The summed E-state index contributed by atoms with van der Waals surface area (Å²) < 4.78 is 0. The van der Waals surface area contributed by atoms with Gasteiger partial charge in [0.25, 0.3) is 0 Å². The number of anilines is 1. The van der Waals surface area contributed by atoms with Crippen LogP contribution in [0.15, 0.2) is 18.2 Å². The molecule has 2 heteroatoms. The van der Waals surface area contributed by atoms with Crippen molar-refractivity contribution < 1.29 is 0 Å². The molecule has 94 valence electrons. The molecule has 2 aromatic rings. The maximum absolute atomic E-state index is 3.69. The molecule has 0 saturated carbocycles. The summed E-state index contributed by atoms with van der Waals surface area (Å²) in [6.45, 7) is 8.82. The van der Waals surface area contributed by atoms with E-state index >= 15 is 0 Å². The first-order valence-electron chi connectivity index (χ1n) is 6.48. The molecule has 0 fully saturated rings. The van der Waals surface area contributed by atoms with Crippen LogP contribution in [0, 0.1) is 27.7 Å². The van der Waals surface area contributed by atoms with E-state index in [1.807, 2.05) is 11.3 Å². The van der Waals surface area contributed by atoms with Crippen LogP contribution in [-0.2, 0) is 6.42 Å². The van der Waals surface area contributed by atoms with Crippen molar-refractivity contribution in [1.29, 1.82) is 0 Å². The summed E-state index contributed by atoms with van der Waals surface area (Å²) >= 11 is 1.90. The van der Waals surface area contributed by atoms with Gasteiger partial charge in [0, 0.05) is 15.4 Å².